The zero-order chi connectivity index (χ0) is 31.0. The molecule has 0 saturated heterocycles. The maximum Gasteiger partial charge on any atom is 0.417 e. The third-order valence-corrected chi connectivity index (χ3v) is 8.06. The van der Waals surface area contributed by atoms with Gasteiger partial charge in [0.25, 0.3) is 5.91 Å². The highest BCUT2D eigenvalue weighted by atomic mass is 19.4. The van der Waals surface area contributed by atoms with E-state index in [9.17, 15) is 48.0 Å². The van der Waals surface area contributed by atoms with Crippen LogP contribution in [0.3, 0.4) is 0 Å². The lowest BCUT2D eigenvalue weighted by Gasteiger charge is -2.50. The number of likely N-dealkylation sites (N-methyl/N-ethyl adjacent to an activating group) is 1. The van der Waals surface area contributed by atoms with Gasteiger partial charge in [0.15, 0.2) is 11.4 Å². The van der Waals surface area contributed by atoms with Gasteiger partial charge in [-0.2, -0.15) is 13.2 Å². The number of phenolic OH excluding ortho intramolecular Hbond substituents is 1. The Hall–Kier alpha value is -3.42. The molecule has 4 atom stereocenters. The molecule has 10 nitrogen and oxygen atoms in total. The Morgan fingerprint density at radius 3 is 2.29 bits per heavy atom. The number of hydrogen-bond acceptors (Lipinski definition) is 9. The number of rotatable bonds is 5. The van der Waals surface area contributed by atoms with Gasteiger partial charge in [0.2, 0.25) is 5.78 Å². The topological polar surface area (TPSA) is 173 Å². The molecule has 13 heteroatoms. The molecule has 1 fully saturated rings. The third kappa shape index (κ3) is 4.79. The molecule has 0 bridgehead atoms. The van der Waals surface area contributed by atoms with Crippen molar-refractivity contribution in [3.05, 3.63) is 45.2 Å². The number of alkyl halides is 3. The summed E-state index contributed by atoms with van der Waals surface area (Å²) in [4.78, 5) is 40.4. The maximum atomic E-state index is 14.5. The van der Waals surface area contributed by atoms with Crippen LogP contribution in [-0.4, -0.2) is 75.1 Å². The second-order valence-corrected chi connectivity index (χ2v) is 12.4. The van der Waals surface area contributed by atoms with Gasteiger partial charge >= 0.3 is 6.18 Å². The van der Waals surface area contributed by atoms with Gasteiger partial charge in [-0.1, -0.05) is 20.8 Å². The summed E-state index contributed by atoms with van der Waals surface area (Å²) in [5.74, 6) is -9.07. The third-order valence-electron chi connectivity index (χ3n) is 8.06. The zero-order valence-electron chi connectivity index (χ0n) is 23.3. The minimum Gasteiger partial charge on any atom is -0.508 e. The number of carbonyl (C=O) groups is 3. The second kappa shape index (κ2) is 9.85. The van der Waals surface area contributed by atoms with Gasteiger partial charge in [0, 0.05) is 24.6 Å². The van der Waals surface area contributed by atoms with Crippen molar-refractivity contribution >= 4 is 23.2 Å². The standard InChI is InChI=1S/C28H34F3N3O7/c1-26(2,3)10-33-9-12-8-15(35)17-13(19(12)28(29,30)31)6-11-7-14-20(34(4)5)22(37)18(25(32)40)24(39)27(14,41)23(38)16(11)21(17)36/h8,11,14,20,33,35-36,39,41H,6-7,9-10H2,1-5H3,(H2,32,40)/t11-,14-,20-,27-/m0/s1. The molecule has 3 aliphatic carbocycles. The molecule has 0 radical (unpaired) electrons. The zero-order valence-corrected chi connectivity index (χ0v) is 23.3. The lowest BCUT2D eigenvalue weighted by atomic mass is 9.57. The number of amides is 1. The number of carbonyl (C=O) groups excluding carboxylic acids is 3. The van der Waals surface area contributed by atoms with Crippen LogP contribution in [0.1, 0.15) is 49.4 Å². The minimum absolute atomic E-state index is 0.234. The second-order valence-electron chi connectivity index (χ2n) is 12.4. The molecule has 1 aromatic rings. The average Bonchev–Trinajstić information content (AvgIpc) is 2.79. The lowest BCUT2D eigenvalue weighted by molar-refractivity contribution is -0.153. The van der Waals surface area contributed by atoms with Crippen LogP contribution in [0.4, 0.5) is 13.2 Å². The molecule has 0 spiro atoms. The number of nitrogens with one attached hydrogen (secondary N) is 1. The van der Waals surface area contributed by atoms with Crippen LogP contribution in [0.5, 0.6) is 5.75 Å². The van der Waals surface area contributed by atoms with E-state index in [1.807, 2.05) is 20.8 Å². The largest absolute Gasteiger partial charge is 0.508 e. The van der Waals surface area contributed by atoms with Crippen molar-refractivity contribution in [1.29, 1.82) is 0 Å². The molecule has 0 heterocycles. The van der Waals surface area contributed by atoms with Crippen molar-refractivity contribution in [3.63, 3.8) is 0 Å². The highest BCUT2D eigenvalue weighted by molar-refractivity contribution is 6.24. The number of nitrogens with two attached hydrogens (primary N) is 1. The van der Waals surface area contributed by atoms with Crippen LogP contribution in [0.25, 0.3) is 5.76 Å². The Labute approximate surface area is 234 Å². The molecule has 4 rings (SSSR count). The van der Waals surface area contributed by atoms with Crippen molar-refractivity contribution in [3.8, 4) is 5.75 Å². The first-order chi connectivity index (χ1) is 18.7. The molecule has 224 valence electrons. The Balaban J connectivity index is 1.93. The number of hydrogen-bond donors (Lipinski definition) is 6. The molecule has 0 unspecified atom stereocenters. The fourth-order valence-corrected chi connectivity index (χ4v) is 6.45. The van der Waals surface area contributed by atoms with Crippen LogP contribution in [0, 0.1) is 17.3 Å². The van der Waals surface area contributed by atoms with E-state index in [2.05, 4.69) is 5.32 Å². The van der Waals surface area contributed by atoms with Crippen molar-refractivity contribution < 1.29 is 48.0 Å². The summed E-state index contributed by atoms with van der Waals surface area (Å²) >= 11 is 0. The van der Waals surface area contributed by atoms with Gasteiger partial charge < -0.3 is 31.5 Å². The summed E-state index contributed by atoms with van der Waals surface area (Å²) < 4.78 is 43.6. The molecule has 3 aliphatic rings. The van der Waals surface area contributed by atoms with Crippen molar-refractivity contribution in [1.82, 2.24) is 10.2 Å². The van der Waals surface area contributed by atoms with Gasteiger partial charge in [-0.3, -0.25) is 19.3 Å². The molecule has 1 amide bonds. The quantitative estimate of drug-likeness (QED) is 0.285. The Kier molecular flexibility index (Phi) is 7.33. The van der Waals surface area contributed by atoms with Crippen LogP contribution in [-0.2, 0) is 33.5 Å². The number of aliphatic hydroxyl groups excluding tert-OH is 2. The first kappa shape index (κ1) is 30.5. The highest BCUT2D eigenvalue weighted by Gasteiger charge is 2.64. The van der Waals surface area contributed by atoms with Gasteiger partial charge in [0.1, 0.15) is 22.8 Å². The first-order valence-corrected chi connectivity index (χ1v) is 13.0. The average molecular weight is 582 g/mol. The normalized spacial score (nSPS) is 26.7. The Morgan fingerprint density at radius 2 is 1.78 bits per heavy atom. The van der Waals surface area contributed by atoms with Crippen molar-refractivity contribution in [2.24, 2.45) is 23.0 Å². The molecular formula is C28H34F3N3O7. The fraction of sp³-hybridized carbons (Fsp3) is 0.536. The minimum atomic E-state index is -4.89. The SMILES string of the molecule is CN(C)[C@@H]1C(=O)C(C(N)=O)=C(O)[C@@]2(O)C(=O)C3=C(O)c4c(O)cc(CNCC(C)(C)C)c(C(F)(F)F)c4C[C@H]3C[C@@H]12. The van der Waals surface area contributed by atoms with E-state index in [1.165, 1.54) is 19.0 Å². The number of Topliss-reactive ketones (excluding diaryl/α,β-unsaturated/α-hetero) is 2. The maximum absolute atomic E-state index is 14.5. The monoisotopic (exact) mass is 581 g/mol. The number of nitrogens with zero attached hydrogens (tertiary/aromatic N) is 1. The van der Waals surface area contributed by atoms with Crippen molar-refractivity contribution in [2.75, 3.05) is 20.6 Å². The van der Waals surface area contributed by atoms with Crippen LogP contribution in [0.2, 0.25) is 0 Å². The van der Waals surface area contributed by atoms with E-state index in [-0.39, 0.29) is 23.9 Å². The van der Waals surface area contributed by atoms with E-state index in [0.29, 0.717) is 6.54 Å². The Bertz CT molecular complexity index is 1410. The number of aromatic hydroxyl groups is 1. The molecule has 41 heavy (non-hydrogen) atoms. The summed E-state index contributed by atoms with van der Waals surface area (Å²) in [6, 6.07) is -0.459. The lowest BCUT2D eigenvalue weighted by Crippen LogP contribution is -2.65. The molecule has 1 saturated carbocycles. The Morgan fingerprint density at radius 1 is 1.17 bits per heavy atom. The summed E-state index contributed by atoms with van der Waals surface area (Å²) in [5, 5.41) is 47.4. The number of halogens is 3. The molecule has 1 aromatic carbocycles. The van der Waals surface area contributed by atoms with E-state index < -0.39 is 98.7 Å². The summed E-state index contributed by atoms with van der Waals surface area (Å²) in [5.41, 5.74) is -1.65. The van der Waals surface area contributed by atoms with E-state index in [0.717, 1.165) is 6.07 Å². The molecule has 0 aliphatic heterocycles. The van der Waals surface area contributed by atoms with E-state index in [1.54, 1.807) is 0 Å². The summed E-state index contributed by atoms with van der Waals surface area (Å²) in [6.07, 6.45) is -5.65. The first-order valence-electron chi connectivity index (χ1n) is 13.0. The summed E-state index contributed by atoms with van der Waals surface area (Å²) in [6.45, 7) is 5.84. The number of phenols is 1. The number of aliphatic hydroxyl groups is 3. The van der Waals surface area contributed by atoms with E-state index in [4.69, 9.17) is 5.73 Å². The molecular weight excluding hydrogens is 547 g/mol. The predicted molar refractivity (Wildman–Crippen MR) is 140 cm³/mol. The van der Waals surface area contributed by atoms with Gasteiger partial charge in [-0.25, -0.2) is 0 Å². The smallest absolute Gasteiger partial charge is 0.417 e. The highest BCUT2D eigenvalue weighted by Crippen LogP contribution is 2.54. The van der Waals surface area contributed by atoms with E-state index >= 15 is 0 Å². The number of ketones is 2. The van der Waals surface area contributed by atoms with Gasteiger partial charge in [0.05, 0.1) is 17.2 Å². The van der Waals surface area contributed by atoms with Gasteiger partial charge in [-0.15, -0.1) is 0 Å². The fourth-order valence-electron chi connectivity index (χ4n) is 6.45. The number of primary amides is 1. The number of fused-ring (bicyclic) bond motifs is 3. The van der Waals surface area contributed by atoms with Crippen LogP contribution >= 0.6 is 0 Å². The molecule has 0 aromatic heterocycles. The van der Waals surface area contributed by atoms with Crippen molar-refractivity contribution in [2.45, 2.75) is 58.0 Å². The molecule has 7 N–H and O–H groups in total. The van der Waals surface area contributed by atoms with Crippen LogP contribution in [0.15, 0.2) is 23.0 Å². The number of benzene rings is 1. The summed E-state index contributed by atoms with van der Waals surface area (Å²) in [7, 11) is 2.87. The predicted octanol–water partition coefficient (Wildman–Crippen LogP) is 2.12. The van der Waals surface area contributed by atoms with Gasteiger partial charge in [-0.05, 0) is 55.5 Å². The van der Waals surface area contributed by atoms with Crippen LogP contribution < -0.4 is 11.1 Å².